The van der Waals surface area contributed by atoms with Crippen molar-refractivity contribution in [2.45, 2.75) is 32.8 Å². The molecule has 0 aliphatic heterocycles. The highest BCUT2D eigenvalue weighted by atomic mass is 35.5. The zero-order valence-corrected chi connectivity index (χ0v) is 11.5. The van der Waals surface area contributed by atoms with E-state index < -0.39 is 0 Å². The van der Waals surface area contributed by atoms with Gasteiger partial charge in [-0.3, -0.25) is 4.98 Å². The first-order chi connectivity index (χ1) is 7.57. The average molecular weight is 283 g/mol. The van der Waals surface area contributed by atoms with E-state index in [-0.39, 0.29) is 6.10 Å². The summed E-state index contributed by atoms with van der Waals surface area (Å²) >= 11 is 17.8. The SMILES string of the molecule is CCCCOC(C)c1ncc(Cl)c(Cl)c1Cl. The Labute approximate surface area is 111 Å². The van der Waals surface area contributed by atoms with E-state index in [1.54, 1.807) is 0 Å². The van der Waals surface area contributed by atoms with Gasteiger partial charge in [0, 0.05) is 12.8 Å². The van der Waals surface area contributed by atoms with Gasteiger partial charge in [-0.25, -0.2) is 0 Å². The van der Waals surface area contributed by atoms with Crippen LogP contribution in [0.2, 0.25) is 15.1 Å². The smallest absolute Gasteiger partial charge is 0.0982 e. The second kappa shape index (κ2) is 6.65. The third kappa shape index (κ3) is 3.49. The van der Waals surface area contributed by atoms with Gasteiger partial charge in [-0.2, -0.15) is 0 Å². The predicted octanol–water partition coefficient (Wildman–Crippen LogP) is 4.92. The van der Waals surface area contributed by atoms with Crippen LogP contribution in [-0.4, -0.2) is 11.6 Å². The molecule has 2 nitrogen and oxygen atoms in total. The normalized spacial score (nSPS) is 12.8. The number of halogens is 3. The molecule has 1 heterocycles. The summed E-state index contributed by atoms with van der Waals surface area (Å²) in [5.41, 5.74) is 0.632. The average Bonchev–Trinajstić information content (AvgIpc) is 2.26. The van der Waals surface area contributed by atoms with E-state index in [2.05, 4.69) is 11.9 Å². The second-order valence-electron chi connectivity index (χ2n) is 3.49. The summed E-state index contributed by atoms with van der Waals surface area (Å²) in [5, 5.41) is 1.06. The van der Waals surface area contributed by atoms with Crippen LogP contribution in [0.1, 0.15) is 38.5 Å². The third-order valence-corrected chi connectivity index (χ3v) is 3.45. The second-order valence-corrected chi connectivity index (χ2v) is 4.65. The molecule has 1 aromatic rings. The number of pyridine rings is 1. The van der Waals surface area contributed by atoms with Gasteiger partial charge in [0.2, 0.25) is 0 Å². The Morgan fingerprint density at radius 3 is 2.62 bits per heavy atom. The summed E-state index contributed by atoms with van der Waals surface area (Å²) < 4.78 is 5.60. The van der Waals surface area contributed by atoms with Gasteiger partial charge in [0.15, 0.2) is 0 Å². The number of unbranched alkanes of at least 4 members (excludes halogenated alkanes) is 1. The largest absolute Gasteiger partial charge is 0.372 e. The van der Waals surface area contributed by atoms with Crippen LogP contribution in [0.5, 0.6) is 0 Å². The lowest BCUT2D eigenvalue weighted by Gasteiger charge is -2.14. The van der Waals surface area contributed by atoms with Crippen LogP contribution >= 0.6 is 34.8 Å². The fourth-order valence-electron chi connectivity index (χ4n) is 1.22. The van der Waals surface area contributed by atoms with Crippen molar-refractivity contribution in [3.05, 3.63) is 27.0 Å². The van der Waals surface area contributed by atoms with Crippen molar-refractivity contribution in [1.82, 2.24) is 4.98 Å². The molecule has 0 aromatic carbocycles. The van der Waals surface area contributed by atoms with E-state index in [4.69, 9.17) is 39.5 Å². The Kier molecular flexibility index (Phi) is 5.84. The molecule has 0 bridgehead atoms. The molecule has 0 saturated carbocycles. The summed E-state index contributed by atoms with van der Waals surface area (Å²) in [5.74, 6) is 0. The topological polar surface area (TPSA) is 22.1 Å². The highest BCUT2D eigenvalue weighted by Gasteiger charge is 2.16. The number of hydrogen-bond donors (Lipinski definition) is 0. The Bertz CT molecular complexity index is 357. The lowest BCUT2D eigenvalue weighted by molar-refractivity contribution is 0.0609. The monoisotopic (exact) mass is 281 g/mol. The molecule has 0 saturated heterocycles. The third-order valence-electron chi connectivity index (χ3n) is 2.20. The van der Waals surface area contributed by atoms with E-state index in [1.165, 1.54) is 6.20 Å². The number of aromatic nitrogens is 1. The van der Waals surface area contributed by atoms with Crippen LogP contribution in [0.25, 0.3) is 0 Å². The van der Waals surface area contributed by atoms with Crippen LogP contribution in [0.3, 0.4) is 0 Å². The van der Waals surface area contributed by atoms with E-state index in [0.717, 1.165) is 12.8 Å². The van der Waals surface area contributed by atoms with Gasteiger partial charge in [0.1, 0.15) is 0 Å². The molecule has 1 rings (SSSR count). The molecular formula is C11H14Cl3NO. The minimum absolute atomic E-state index is 0.172. The number of ether oxygens (including phenoxy) is 1. The van der Waals surface area contributed by atoms with Crippen molar-refractivity contribution in [3.63, 3.8) is 0 Å². The Hall–Kier alpha value is -0.0200. The summed E-state index contributed by atoms with van der Waals surface area (Å²) in [4.78, 5) is 4.14. The van der Waals surface area contributed by atoms with Crippen molar-refractivity contribution in [3.8, 4) is 0 Å². The Balaban J connectivity index is 2.76. The fourth-order valence-corrected chi connectivity index (χ4v) is 1.87. The number of nitrogens with zero attached hydrogens (tertiary/aromatic N) is 1. The van der Waals surface area contributed by atoms with Gasteiger partial charge in [0.05, 0.1) is 26.9 Å². The van der Waals surface area contributed by atoms with Crippen molar-refractivity contribution in [2.24, 2.45) is 0 Å². The molecule has 1 aromatic heterocycles. The number of rotatable bonds is 5. The van der Waals surface area contributed by atoms with Gasteiger partial charge < -0.3 is 4.74 Å². The Morgan fingerprint density at radius 1 is 1.31 bits per heavy atom. The first-order valence-corrected chi connectivity index (χ1v) is 6.32. The highest BCUT2D eigenvalue weighted by Crippen LogP contribution is 2.34. The van der Waals surface area contributed by atoms with Crippen LogP contribution in [-0.2, 0) is 4.74 Å². The van der Waals surface area contributed by atoms with Gasteiger partial charge in [-0.05, 0) is 13.3 Å². The zero-order valence-electron chi connectivity index (χ0n) is 9.27. The molecule has 0 amide bonds. The van der Waals surface area contributed by atoms with Crippen molar-refractivity contribution >= 4 is 34.8 Å². The molecule has 5 heteroatoms. The van der Waals surface area contributed by atoms with E-state index >= 15 is 0 Å². The molecule has 0 fully saturated rings. The highest BCUT2D eigenvalue weighted by molar-refractivity contribution is 6.48. The van der Waals surface area contributed by atoms with E-state index in [1.807, 2.05) is 6.92 Å². The lowest BCUT2D eigenvalue weighted by Crippen LogP contribution is -2.04. The number of hydrogen-bond acceptors (Lipinski definition) is 2. The quantitative estimate of drug-likeness (QED) is 0.715. The summed E-state index contributed by atoms with van der Waals surface area (Å²) in [6, 6.07) is 0. The van der Waals surface area contributed by atoms with Gasteiger partial charge in [-0.15, -0.1) is 0 Å². The van der Waals surface area contributed by atoms with Crippen LogP contribution in [0.15, 0.2) is 6.20 Å². The molecule has 16 heavy (non-hydrogen) atoms. The molecule has 0 spiro atoms. The van der Waals surface area contributed by atoms with E-state index in [0.29, 0.717) is 27.4 Å². The predicted molar refractivity (Wildman–Crippen MR) is 68.5 cm³/mol. The van der Waals surface area contributed by atoms with Crippen LogP contribution in [0.4, 0.5) is 0 Å². The summed E-state index contributed by atoms with van der Waals surface area (Å²) in [6.07, 6.45) is 3.43. The van der Waals surface area contributed by atoms with Gasteiger partial charge >= 0.3 is 0 Å². The molecule has 0 aliphatic rings. The van der Waals surface area contributed by atoms with Gasteiger partial charge in [0.25, 0.3) is 0 Å². The molecule has 0 aliphatic carbocycles. The summed E-state index contributed by atoms with van der Waals surface area (Å²) in [6.45, 7) is 4.70. The maximum Gasteiger partial charge on any atom is 0.0982 e. The van der Waals surface area contributed by atoms with E-state index in [9.17, 15) is 0 Å². The Morgan fingerprint density at radius 2 is 2.00 bits per heavy atom. The fraction of sp³-hybridized carbons (Fsp3) is 0.545. The maximum atomic E-state index is 6.05. The zero-order chi connectivity index (χ0) is 12.1. The van der Waals surface area contributed by atoms with Crippen molar-refractivity contribution in [1.29, 1.82) is 0 Å². The van der Waals surface area contributed by atoms with Crippen molar-refractivity contribution < 1.29 is 4.74 Å². The summed E-state index contributed by atoms with van der Waals surface area (Å²) in [7, 11) is 0. The standard InChI is InChI=1S/C11H14Cl3NO/c1-3-4-5-16-7(2)11-10(14)9(13)8(12)6-15-11/h6-7H,3-5H2,1-2H3. The molecule has 1 atom stereocenters. The lowest BCUT2D eigenvalue weighted by atomic mass is 10.2. The first kappa shape index (κ1) is 14.0. The molecule has 1 unspecified atom stereocenters. The molecule has 0 N–H and O–H groups in total. The van der Waals surface area contributed by atoms with Crippen LogP contribution < -0.4 is 0 Å². The molecular weight excluding hydrogens is 268 g/mol. The van der Waals surface area contributed by atoms with Crippen LogP contribution in [0, 0.1) is 0 Å². The first-order valence-electron chi connectivity index (χ1n) is 5.18. The minimum atomic E-state index is -0.172. The van der Waals surface area contributed by atoms with Gasteiger partial charge in [-0.1, -0.05) is 48.1 Å². The maximum absolute atomic E-state index is 6.05. The molecule has 0 radical (unpaired) electrons. The van der Waals surface area contributed by atoms with Crippen molar-refractivity contribution in [2.75, 3.05) is 6.61 Å². The molecule has 90 valence electrons. The minimum Gasteiger partial charge on any atom is -0.372 e.